The molecule has 0 radical (unpaired) electrons. The number of amides is 1. The van der Waals surface area contributed by atoms with E-state index in [-0.39, 0.29) is 19.1 Å². The first-order chi connectivity index (χ1) is 38.0. The molecule has 9 heteroatoms. The quantitative estimate of drug-likeness (QED) is 0.0243. The summed E-state index contributed by atoms with van der Waals surface area (Å²) in [6.45, 7) is 4.88. The lowest BCUT2D eigenvalue weighted by Gasteiger charge is -2.25. The molecular weight excluding hydrogens is 984 g/mol. The minimum Gasteiger partial charge on any atom is -0.387 e. The Morgan fingerprint density at radius 1 is 0.423 bits per heavy atom. The molecule has 3 N–H and O–H groups in total. The Bertz CT molecular complexity index is 1280. The van der Waals surface area contributed by atoms with Crippen LogP contribution in [0.3, 0.4) is 0 Å². The van der Waals surface area contributed by atoms with Crippen molar-refractivity contribution in [1.82, 2.24) is 5.32 Å². The number of aliphatic hydroxyl groups is 1. The second kappa shape index (κ2) is 60.8. The minimum atomic E-state index is -4.35. The molecule has 466 valence electrons. The van der Waals surface area contributed by atoms with Crippen LogP contribution in [0, 0.1) is 0 Å². The molecule has 0 bridgehead atoms. The molecule has 0 heterocycles. The number of aliphatic hydroxyl groups excluding tert-OH is 1. The van der Waals surface area contributed by atoms with Crippen LogP contribution in [-0.2, 0) is 18.4 Å². The van der Waals surface area contributed by atoms with E-state index in [4.69, 9.17) is 9.05 Å². The van der Waals surface area contributed by atoms with Crippen molar-refractivity contribution < 1.29 is 32.9 Å². The van der Waals surface area contributed by atoms with Gasteiger partial charge in [0.25, 0.3) is 0 Å². The number of carbonyl (C=O) groups is 1. The SMILES string of the molecule is CCCCCCCCCCCCCCCCCC/C=C/C(O)C(COP(=O)(O)OCC[N+](C)(C)C)NC(=O)CCCCCCCCCCCCCCCCCCCCCCCCCCCCCCCCCCCCCCCC. The van der Waals surface area contributed by atoms with Gasteiger partial charge in [-0.05, 0) is 19.3 Å². The molecule has 0 fully saturated rings. The Kier molecular flexibility index (Phi) is 60.2. The van der Waals surface area contributed by atoms with Gasteiger partial charge in [0.1, 0.15) is 13.2 Å². The van der Waals surface area contributed by atoms with Crippen LogP contribution >= 0.6 is 7.82 Å². The van der Waals surface area contributed by atoms with Crippen LogP contribution in [0.15, 0.2) is 12.2 Å². The van der Waals surface area contributed by atoms with Crippen molar-refractivity contribution in [2.75, 3.05) is 40.9 Å². The first-order valence-corrected chi connectivity index (χ1v) is 36.6. The Hall–Kier alpha value is -0.760. The lowest BCUT2D eigenvalue weighted by Crippen LogP contribution is -2.45. The van der Waals surface area contributed by atoms with E-state index < -0.39 is 20.0 Å². The molecule has 0 saturated carbocycles. The van der Waals surface area contributed by atoms with Crippen LogP contribution < -0.4 is 5.32 Å². The van der Waals surface area contributed by atoms with Crippen LogP contribution in [0.2, 0.25) is 0 Å². The van der Waals surface area contributed by atoms with E-state index in [1.807, 2.05) is 27.2 Å². The molecule has 78 heavy (non-hydrogen) atoms. The lowest BCUT2D eigenvalue weighted by molar-refractivity contribution is -0.870. The van der Waals surface area contributed by atoms with Gasteiger partial charge in [-0.2, -0.15) is 0 Å². The van der Waals surface area contributed by atoms with Gasteiger partial charge in [-0.15, -0.1) is 0 Å². The Balaban J connectivity index is 3.89. The van der Waals surface area contributed by atoms with E-state index in [0.717, 1.165) is 32.1 Å². The number of allylic oxidation sites excluding steroid dienone is 1. The van der Waals surface area contributed by atoms with E-state index in [0.29, 0.717) is 17.4 Å². The van der Waals surface area contributed by atoms with Crippen molar-refractivity contribution in [3.63, 3.8) is 0 Å². The third-order valence-electron chi connectivity index (χ3n) is 16.5. The third kappa shape index (κ3) is 62.8. The van der Waals surface area contributed by atoms with Crippen LogP contribution in [0.5, 0.6) is 0 Å². The van der Waals surface area contributed by atoms with Gasteiger partial charge in [-0.3, -0.25) is 13.8 Å². The number of nitrogens with one attached hydrogen (secondary N) is 1. The smallest absolute Gasteiger partial charge is 0.387 e. The average Bonchev–Trinajstić information content (AvgIpc) is 3.41. The van der Waals surface area contributed by atoms with Crippen molar-refractivity contribution >= 4 is 13.7 Å². The molecule has 0 aromatic rings. The number of nitrogens with zero attached hydrogens (tertiary/aromatic N) is 1. The molecule has 0 aromatic heterocycles. The second-order valence-corrected chi connectivity index (χ2v) is 27.1. The number of phosphoric acid groups is 1. The fraction of sp³-hybridized carbons (Fsp3) is 0.957. The number of carbonyl (C=O) groups excluding carboxylic acids is 1. The topological polar surface area (TPSA) is 105 Å². The van der Waals surface area contributed by atoms with E-state index in [2.05, 4.69) is 19.2 Å². The zero-order chi connectivity index (χ0) is 57.0. The fourth-order valence-corrected chi connectivity index (χ4v) is 11.8. The number of likely N-dealkylation sites (N-methyl/N-ethyl adjacent to an activating group) is 1. The van der Waals surface area contributed by atoms with Gasteiger partial charge in [-0.1, -0.05) is 360 Å². The Labute approximate surface area is 488 Å². The van der Waals surface area contributed by atoms with E-state index in [9.17, 15) is 19.4 Å². The summed E-state index contributed by atoms with van der Waals surface area (Å²) >= 11 is 0. The van der Waals surface area contributed by atoms with Gasteiger partial charge < -0.3 is 19.8 Å². The highest BCUT2D eigenvalue weighted by molar-refractivity contribution is 7.47. The number of rotatable bonds is 66. The number of phosphoric ester groups is 1. The van der Waals surface area contributed by atoms with E-state index in [1.165, 1.54) is 321 Å². The maximum atomic E-state index is 13.0. The largest absolute Gasteiger partial charge is 0.472 e. The maximum Gasteiger partial charge on any atom is 0.472 e. The van der Waals surface area contributed by atoms with Gasteiger partial charge >= 0.3 is 7.82 Å². The van der Waals surface area contributed by atoms with Gasteiger partial charge in [0.05, 0.1) is 39.9 Å². The first kappa shape index (κ1) is 77.2. The lowest BCUT2D eigenvalue weighted by atomic mass is 10.0. The van der Waals surface area contributed by atoms with Crippen molar-refractivity contribution in [3.05, 3.63) is 12.2 Å². The van der Waals surface area contributed by atoms with Crippen molar-refractivity contribution in [2.45, 2.75) is 386 Å². The Morgan fingerprint density at radius 3 is 0.949 bits per heavy atom. The molecule has 3 atom stereocenters. The van der Waals surface area contributed by atoms with Crippen molar-refractivity contribution in [2.24, 2.45) is 0 Å². The summed E-state index contributed by atoms with van der Waals surface area (Å²) in [4.78, 5) is 23.4. The van der Waals surface area contributed by atoms with Gasteiger partial charge in [0, 0.05) is 6.42 Å². The molecular formula is C69H140N2O6P+. The van der Waals surface area contributed by atoms with E-state index >= 15 is 0 Å². The summed E-state index contributed by atoms with van der Waals surface area (Å²) in [5.74, 6) is -0.168. The molecule has 0 aliphatic rings. The fourth-order valence-electron chi connectivity index (χ4n) is 11.0. The molecule has 0 aromatic carbocycles. The zero-order valence-corrected chi connectivity index (χ0v) is 54.3. The molecule has 0 spiro atoms. The zero-order valence-electron chi connectivity index (χ0n) is 53.5. The third-order valence-corrected chi connectivity index (χ3v) is 17.5. The Morgan fingerprint density at radius 2 is 0.679 bits per heavy atom. The summed E-state index contributed by atoms with van der Waals surface area (Å²) in [7, 11) is 1.59. The normalized spacial score (nSPS) is 13.7. The number of unbranched alkanes of at least 4 members (excludes halogenated alkanes) is 53. The molecule has 0 saturated heterocycles. The molecule has 0 rings (SSSR count). The maximum absolute atomic E-state index is 13.0. The van der Waals surface area contributed by atoms with Crippen LogP contribution in [-0.4, -0.2) is 73.4 Å². The summed E-state index contributed by atoms with van der Waals surface area (Å²) in [6, 6.07) is -0.843. The summed E-state index contributed by atoms with van der Waals surface area (Å²) in [5, 5.41) is 14.0. The van der Waals surface area contributed by atoms with Gasteiger partial charge in [0.15, 0.2) is 0 Å². The predicted octanol–water partition coefficient (Wildman–Crippen LogP) is 22.1. The minimum absolute atomic E-state index is 0.0653. The summed E-state index contributed by atoms with van der Waals surface area (Å²) in [6.07, 6.45) is 78.0. The molecule has 8 nitrogen and oxygen atoms in total. The first-order valence-electron chi connectivity index (χ1n) is 35.1. The summed E-state index contributed by atoms with van der Waals surface area (Å²) < 4.78 is 23.8. The highest BCUT2D eigenvalue weighted by atomic mass is 31.2. The predicted molar refractivity (Wildman–Crippen MR) is 342 cm³/mol. The molecule has 0 aliphatic heterocycles. The number of quaternary nitrogens is 1. The monoisotopic (exact) mass is 1120 g/mol. The second-order valence-electron chi connectivity index (χ2n) is 25.6. The molecule has 0 aliphatic carbocycles. The average molecular weight is 1120 g/mol. The molecule has 1 amide bonds. The summed E-state index contributed by atoms with van der Waals surface area (Å²) in [5.41, 5.74) is 0. The number of hydrogen-bond donors (Lipinski definition) is 3. The van der Waals surface area contributed by atoms with Gasteiger partial charge in [0.2, 0.25) is 5.91 Å². The van der Waals surface area contributed by atoms with Crippen LogP contribution in [0.25, 0.3) is 0 Å². The highest BCUT2D eigenvalue weighted by Crippen LogP contribution is 2.43. The van der Waals surface area contributed by atoms with Crippen molar-refractivity contribution in [1.29, 1.82) is 0 Å². The number of hydrogen-bond acceptors (Lipinski definition) is 5. The standard InChI is InChI=1S/C69H139N2O6P/c1-6-8-10-12-14-16-18-20-22-24-26-27-28-29-30-31-32-33-34-35-36-37-38-39-40-41-42-43-44-45-47-49-51-53-55-57-59-61-63-69(73)70-67(66-77-78(74,75)76-65-64-71(3,4)5)68(72)62-60-58-56-54-52-50-48-46-25-23-21-19-17-15-13-11-9-7-2/h60,62,67-68,72H,6-59,61,63-66H2,1-5H3,(H-,70,73,74,75)/p+1/b62-60+. The van der Waals surface area contributed by atoms with Crippen LogP contribution in [0.4, 0.5) is 0 Å². The van der Waals surface area contributed by atoms with E-state index in [1.54, 1.807) is 6.08 Å². The van der Waals surface area contributed by atoms with Gasteiger partial charge in [-0.25, -0.2) is 4.57 Å². The highest BCUT2D eigenvalue weighted by Gasteiger charge is 2.28. The van der Waals surface area contributed by atoms with Crippen LogP contribution in [0.1, 0.15) is 373 Å². The molecule has 3 unspecified atom stereocenters. The van der Waals surface area contributed by atoms with Crippen molar-refractivity contribution in [3.8, 4) is 0 Å².